The molecule has 0 aliphatic rings. The molecule has 0 atom stereocenters. The van der Waals surface area contributed by atoms with E-state index >= 15 is 0 Å². The second-order valence-corrected chi connectivity index (χ2v) is 6.20. The van der Waals surface area contributed by atoms with Gasteiger partial charge in [-0.15, -0.1) is 0 Å². The van der Waals surface area contributed by atoms with Crippen LogP contribution in [0.25, 0.3) is 0 Å². The maximum atomic E-state index is 11.6. The van der Waals surface area contributed by atoms with Gasteiger partial charge in [-0.1, -0.05) is 0 Å². The van der Waals surface area contributed by atoms with Crippen molar-refractivity contribution in [2.75, 3.05) is 13.4 Å². The molecule has 0 bridgehead atoms. The molecule has 0 heterocycles. The van der Waals surface area contributed by atoms with Crippen molar-refractivity contribution >= 4 is 73.7 Å². The molecular formula is C10H9I3O3. The molecule has 0 saturated carbocycles. The van der Waals surface area contributed by atoms with E-state index in [0.717, 1.165) is 10.7 Å². The van der Waals surface area contributed by atoms with Gasteiger partial charge in [0.25, 0.3) is 0 Å². The number of benzene rings is 1. The minimum Gasteiger partial charge on any atom is -0.435 e. The molecule has 1 aromatic carbocycles. The monoisotopic (exact) mass is 558 g/mol. The fourth-order valence-corrected chi connectivity index (χ4v) is 3.01. The third-order valence-corrected chi connectivity index (χ3v) is 6.62. The molecule has 0 N–H and O–H groups in total. The highest BCUT2D eigenvalue weighted by Crippen LogP contribution is 2.23. The van der Waals surface area contributed by atoms with E-state index in [9.17, 15) is 4.79 Å². The molecule has 3 nitrogen and oxygen atoms in total. The molecule has 0 radical (unpaired) electrons. The van der Waals surface area contributed by atoms with Crippen molar-refractivity contribution in [2.24, 2.45) is 0 Å². The van der Waals surface area contributed by atoms with Crippen molar-refractivity contribution in [3.05, 3.63) is 28.4 Å². The van der Waals surface area contributed by atoms with Gasteiger partial charge >= 0.3 is 5.97 Å². The van der Waals surface area contributed by atoms with E-state index in [1.54, 1.807) is 0 Å². The third kappa shape index (κ3) is 4.26. The number of esters is 1. The van der Waals surface area contributed by atoms with E-state index in [1.165, 1.54) is 0 Å². The fraction of sp³-hybridized carbons (Fsp3) is 0.300. The lowest BCUT2D eigenvalue weighted by Crippen LogP contribution is -2.09. The van der Waals surface area contributed by atoms with E-state index in [1.807, 2.05) is 19.1 Å². The topological polar surface area (TPSA) is 35.5 Å². The van der Waals surface area contributed by atoms with Gasteiger partial charge in [0.15, 0.2) is 6.79 Å². The number of carbonyl (C=O) groups is 1. The summed E-state index contributed by atoms with van der Waals surface area (Å²) >= 11 is 6.66. The summed E-state index contributed by atoms with van der Waals surface area (Å²) in [5.74, 6) is -0.347. The molecule has 0 aliphatic heterocycles. The molecule has 0 saturated heterocycles. The van der Waals surface area contributed by atoms with E-state index in [4.69, 9.17) is 9.47 Å². The van der Waals surface area contributed by atoms with Gasteiger partial charge in [0.2, 0.25) is 0 Å². The second-order valence-electron chi connectivity index (χ2n) is 2.80. The predicted octanol–water partition coefficient (Wildman–Crippen LogP) is 3.65. The number of hydrogen-bond donors (Lipinski definition) is 0. The SMILES string of the molecule is CCOCOC(=O)c1cc(I)c(I)c(I)c1. The first kappa shape index (κ1) is 14.9. The van der Waals surface area contributed by atoms with Crippen LogP contribution in [0.4, 0.5) is 0 Å². The average Bonchev–Trinajstić information content (AvgIpc) is 2.25. The van der Waals surface area contributed by atoms with Crippen LogP contribution in [0.2, 0.25) is 0 Å². The van der Waals surface area contributed by atoms with Gasteiger partial charge in [-0.2, -0.15) is 0 Å². The number of carbonyl (C=O) groups excluding carboxylic acids is 1. The van der Waals surface area contributed by atoms with Crippen LogP contribution in [0.1, 0.15) is 17.3 Å². The summed E-state index contributed by atoms with van der Waals surface area (Å²) < 4.78 is 13.2. The van der Waals surface area contributed by atoms with Gasteiger partial charge in [0.1, 0.15) is 0 Å². The van der Waals surface area contributed by atoms with Crippen LogP contribution in [0.3, 0.4) is 0 Å². The van der Waals surface area contributed by atoms with Crippen molar-refractivity contribution in [1.82, 2.24) is 0 Å². The summed E-state index contributed by atoms with van der Waals surface area (Å²) in [6, 6.07) is 3.64. The maximum Gasteiger partial charge on any atom is 0.340 e. The summed E-state index contributed by atoms with van der Waals surface area (Å²) in [6.45, 7) is 2.40. The first-order valence-electron chi connectivity index (χ1n) is 4.45. The Balaban J connectivity index is 2.76. The Labute approximate surface area is 135 Å². The van der Waals surface area contributed by atoms with Gasteiger partial charge in [-0.25, -0.2) is 4.79 Å². The Morgan fingerprint density at radius 3 is 2.31 bits per heavy atom. The molecule has 0 fully saturated rings. The summed E-state index contributed by atoms with van der Waals surface area (Å²) in [6.07, 6.45) is 0. The highest BCUT2D eigenvalue weighted by molar-refractivity contribution is 14.1. The summed E-state index contributed by atoms with van der Waals surface area (Å²) in [4.78, 5) is 11.6. The lowest BCUT2D eigenvalue weighted by Gasteiger charge is -2.07. The summed E-state index contributed by atoms with van der Waals surface area (Å²) in [7, 11) is 0. The van der Waals surface area contributed by atoms with Crippen LogP contribution in [0.5, 0.6) is 0 Å². The number of rotatable bonds is 4. The van der Waals surface area contributed by atoms with Gasteiger partial charge in [0, 0.05) is 17.3 Å². The van der Waals surface area contributed by atoms with Crippen molar-refractivity contribution in [3.8, 4) is 0 Å². The van der Waals surface area contributed by atoms with Crippen molar-refractivity contribution in [3.63, 3.8) is 0 Å². The summed E-state index contributed by atoms with van der Waals surface area (Å²) in [5, 5.41) is 0. The maximum absolute atomic E-state index is 11.6. The second kappa shape index (κ2) is 7.31. The minimum absolute atomic E-state index is 0.00841. The van der Waals surface area contributed by atoms with Gasteiger partial charge in [-0.05, 0) is 86.8 Å². The van der Waals surface area contributed by atoms with Gasteiger partial charge in [-0.3, -0.25) is 0 Å². The third-order valence-electron chi connectivity index (χ3n) is 1.70. The van der Waals surface area contributed by atoms with E-state index in [2.05, 4.69) is 67.8 Å². The van der Waals surface area contributed by atoms with Crippen LogP contribution in [0, 0.1) is 10.7 Å². The Bertz CT molecular complexity index is 370. The van der Waals surface area contributed by atoms with Gasteiger partial charge in [0.05, 0.1) is 5.56 Å². The van der Waals surface area contributed by atoms with Crippen LogP contribution < -0.4 is 0 Å². The van der Waals surface area contributed by atoms with Crippen molar-refractivity contribution in [1.29, 1.82) is 0 Å². The quantitative estimate of drug-likeness (QED) is 0.186. The van der Waals surface area contributed by atoms with Gasteiger partial charge < -0.3 is 9.47 Å². The van der Waals surface area contributed by atoms with Crippen LogP contribution >= 0.6 is 67.8 Å². The molecule has 0 spiro atoms. The lowest BCUT2D eigenvalue weighted by molar-refractivity contribution is -0.0274. The number of hydrogen-bond acceptors (Lipinski definition) is 3. The zero-order valence-electron chi connectivity index (χ0n) is 8.43. The Morgan fingerprint density at radius 1 is 1.25 bits per heavy atom. The summed E-state index contributed by atoms with van der Waals surface area (Å²) in [5.41, 5.74) is 0.564. The van der Waals surface area contributed by atoms with Crippen LogP contribution in [0.15, 0.2) is 12.1 Å². The molecule has 88 valence electrons. The zero-order chi connectivity index (χ0) is 12.1. The molecule has 16 heavy (non-hydrogen) atoms. The molecule has 1 aromatic rings. The minimum atomic E-state index is -0.347. The van der Waals surface area contributed by atoms with Crippen LogP contribution in [-0.2, 0) is 9.47 Å². The molecule has 0 aromatic heterocycles. The molecular weight excluding hydrogens is 549 g/mol. The molecule has 1 rings (SSSR count). The largest absolute Gasteiger partial charge is 0.435 e. The number of ether oxygens (including phenoxy) is 2. The highest BCUT2D eigenvalue weighted by Gasteiger charge is 2.11. The molecule has 0 amide bonds. The lowest BCUT2D eigenvalue weighted by atomic mass is 10.2. The number of halogens is 3. The molecule has 0 aliphatic carbocycles. The predicted molar refractivity (Wildman–Crippen MR) is 86.5 cm³/mol. The van der Waals surface area contributed by atoms with E-state index < -0.39 is 0 Å². The van der Waals surface area contributed by atoms with Crippen LogP contribution in [-0.4, -0.2) is 19.4 Å². The average molecular weight is 558 g/mol. The normalized spacial score (nSPS) is 10.2. The first-order valence-corrected chi connectivity index (χ1v) is 7.69. The zero-order valence-corrected chi connectivity index (χ0v) is 14.9. The fourth-order valence-electron chi connectivity index (χ4n) is 0.935. The van der Waals surface area contributed by atoms with E-state index in [0.29, 0.717) is 12.2 Å². The Hall–Kier alpha value is 0.840. The van der Waals surface area contributed by atoms with Crippen molar-refractivity contribution < 1.29 is 14.3 Å². The van der Waals surface area contributed by atoms with E-state index in [-0.39, 0.29) is 12.8 Å². The standard InChI is InChI=1S/C10H9I3O3/c1-2-15-5-16-10(14)6-3-7(11)9(13)8(12)4-6/h3-4H,2,5H2,1H3. The molecule has 0 unspecified atom stereocenters. The molecule has 6 heteroatoms. The Kier molecular flexibility index (Phi) is 6.81. The van der Waals surface area contributed by atoms with Crippen molar-refractivity contribution in [2.45, 2.75) is 6.92 Å². The Morgan fingerprint density at radius 2 is 1.81 bits per heavy atom. The highest BCUT2D eigenvalue weighted by atomic mass is 127. The smallest absolute Gasteiger partial charge is 0.340 e. The first-order chi connectivity index (χ1) is 7.56.